The number of aryl methyl sites for hydroxylation is 1. The van der Waals surface area contributed by atoms with Crippen molar-refractivity contribution in [2.24, 2.45) is 0 Å². The molecule has 2 N–H and O–H groups in total. The molecule has 0 aliphatic carbocycles. The molecular weight excluding hydrogens is 522 g/mol. The SMILES string of the molecule is CN1C(=O)[C@@H](NC(=O)c2n[nH]c(Cc3ccc(C#CC#CCCn4cc(C=O)cn4)cc3)n2)COc2ccccc21. The van der Waals surface area contributed by atoms with Gasteiger partial charge in [-0.1, -0.05) is 36.1 Å². The molecule has 1 atom stereocenters. The molecule has 0 bridgehead atoms. The van der Waals surface area contributed by atoms with Crippen molar-refractivity contribution in [2.45, 2.75) is 25.4 Å². The maximum Gasteiger partial charge on any atom is 0.291 e. The summed E-state index contributed by atoms with van der Waals surface area (Å²) in [4.78, 5) is 42.1. The van der Waals surface area contributed by atoms with Gasteiger partial charge in [0.15, 0.2) is 6.29 Å². The summed E-state index contributed by atoms with van der Waals surface area (Å²) in [5, 5.41) is 13.6. The number of likely N-dealkylation sites (N-methyl/N-ethyl adjacent to an activating group) is 1. The third-order valence-electron chi connectivity index (χ3n) is 6.24. The van der Waals surface area contributed by atoms with Crippen LogP contribution in [0, 0.1) is 23.7 Å². The predicted octanol–water partition coefficient (Wildman–Crippen LogP) is 2.00. The molecule has 41 heavy (non-hydrogen) atoms. The van der Waals surface area contributed by atoms with E-state index in [0.717, 1.165) is 17.4 Å². The number of benzene rings is 2. The second-order valence-electron chi connectivity index (χ2n) is 9.14. The minimum absolute atomic E-state index is 0.00144. The fourth-order valence-corrected chi connectivity index (χ4v) is 4.10. The summed E-state index contributed by atoms with van der Waals surface area (Å²) in [6, 6.07) is 13.9. The van der Waals surface area contributed by atoms with Crippen molar-refractivity contribution in [1.29, 1.82) is 0 Å². The number of fused-ring (bicyclic) bond motifs is 1. The van der Waals surface area contributed by atoms with E-state index in [4.69, 9.17) is 4.74 Å². The maximum absolute atomic E-state index is 12.9. The number of carbonyl (C=O) groups is 3. The van der Waals surface area contributed by atoms with Crippen molar-refractivity contribution >= 4 is 23.8 Å². The summed E-state index contributed by atoms with van der Waals surface area (Å²) in [7, 11) is 1.64. The fraction of sp³-hybridized carbons (Fsp3) is 0.200. The average molecular weight is 548 g/mol. The molecule has 5 rings (SSSR count). The lowest BCUT2D eigenvalue weighted by Crippen LogP contribution is -2.49. The van der Waals surface area contributed by atoms with Crippen LogP contribution in [0.25, 0.3) is 0 Å². The summed E-state index contributed by atoms with van der Waals surface area (Å²) in [5.74, 6) is 11.8. The van der Waals surface area contributed by atoms with E-state index >= 15 is 0 Å². The van der Waals surface area contributed by atoms with Crippen molar-refractivity contribution in [2.75, 3.05) is 18.6 Å². The number of para-hydroxylation sites is 2. The third-order valence-corrected chi connectivity index (χ3v) is 6.24. The first kappa shape index (κ1) is 26.9. The van der Waals surface area contributed by atoms with Crippen molar-refractivity contribution in [3.63, 3.8) is 0 Å². The zero-order valence-corrected chi connectivity index (χ0v) is 22.1. The molecule has 1 aliphatic heterocycles. The van der Waals surface area contributed by atoms with E-state index in [0.29, 0.717) is 42.2 Å². The predicted molar refractivity (Wildman–Crippen MR) is 149 cm³/mol. The van der Waals surface area contributed by atoms with Gasteiger partial charge in [0.05, 0.1) is 24.0 Å². The Balaban J connectivity index is 1.12. The summed E-state index contributed by atoms with van der Waals surface area (Å²) in [6.07, 6.45) is 4.94. The van der Waals surface area contributed by atoms with Crippen LogP contribution in [0.4, 0.5) is 5.69 Å². The van der Waals surface area contributed by atoms with Gasteiger partial charge >= 0.3 is 0 Å². The van der Waals surface area contributed by atoms with Gasteiger partial charge in [-0.05, 0) is 41.7 Å². The lowest BCUT2D eigenvalue weighted by Gasteiger charge is -2.19. The Morgan fingerprint density at radius 2 is 2.02 bits per heavy atom. The summed E-state index contributed by atoms with van der Waals surface area (Å²) in [6.45, 7) is 0.583. The zero-order valence-electron chi connectivity index (χ0n) is 22.1. The number of ether oxygens (including phenoxy) is 1. The van der Waals surface area contributed by atoms with E-state index < -0.39 is 11.9 Å². The summed E-state index contributed by atoms with van der Waals surface area (Å²) in [5.41, 5.74) is 2.93. The molecule has 2 aromatic heterocycles. The van der Waals surface area contributed by atoms with E-state index in [9.17, 15) is 14.4 Å². The second kappa shape index (κ2) is 12.5. The first-order valence-corrected chi connectivity index (χ1v) is 12.8. The van der Waals surface area contributed by atoms with Gasteiger partial charge in [0, 0.05) is 31.6 Å². The van der Waals surface area contributed by atoms with Crippen LogP contribution in [0.5, 0.6) is 5.75 Å². The molecule has 4 aromatic rings. The molecule has 0 spiro atoms. The van der Waals surface area contributed by atoms with E-state index in [1.54, 1.807) is 30.1 Å². The van der Waals surface area contributed by atoms with Crippen molar-refractivity contribution < 1.29 is 19.1 Å². The number of rotatable bonds is 7. The molecule has 0 unspecified atom stereocenters. The molecule has 0 saturated carbocycles. The van der Waals surface area contributed by atoms with Crippen LogP contribution in [0.2, 0.25) is 0 Å². The van der Waals surface area contributed by atoms with Crippen molar-refractivity contribution in [3.8, 4) is 29.4 Å². The number of nitrogens with one attached hydrogen (secondary N) is 2. The number of aromatic amines is 1. The lowest BCUT2D eigenvalue weighted by molar-refractivity contribution is -0.120. The Morgan fingerprint density at radius 1 is 1.20 bits per heavy atom. The molecule has 2 aromatic carbocycles. The highest BCUT2D eigenvalue weighted by Gasteiger charge is 2.31. The largest absolute Gasteiger partial charge is 0.489 e. The first-order chi connectivity index (χ1) is 20.0. The molecule has 0 fully saturated rings. The smallest absolute Gasteiger partial charge is 0.291 e. The molecule has 0 radical (unpaired) electrons. The first-order valence-electron chi connectivity index (χ1n) is 12.8. The number of anilines is 1. The summed E-state index contributed by atoms with van der Waals surface area (Å²) < 4.78 is 7.41. The Kier molecular flexibility index (Phi) is 8.17. The van der Waals surface area contributed by atoms with Gasteiger partial charge in [0.25, 0.3) is 11.8 Å². The van der Waals surface area contributed by atoms with Gasteiger partial charge in [0.1, 0.15) is 24.2 Å². The third kappa shape index (κ3) is 6.67. The van der Waals surface area contributed by atoms with Crippen LogP contribution in [-0.4, -0.2) is 62.8 Å². The van der Waals surface area contributed by atoms with E-state index in [2.05, 4.69) is 49.3 Å². The number of amides is 2. The Morgan fingerprint density at radius 3 is 2.83 bits per heavy atom. The molecule has 204 valence electrons. The van der Waals surface area contributed by atoms with Crippen molar-refractivity contribution in [1.82, 2.24) is 30.3 Å². The molecule has 1 aliphatic rings. The van der Waals surface area contributed by atoms with Crippen LogP contribution in [0.15, 0.2) is 60.9 Å². The maximum atomic E-state index is 12.9. The second-order valence-corrected chi connectivity index (χ2v) is 9.14. The Hall–Kier alpha value is -5.68. The zero-order chi connectivity index (χ0) is 28.6. The number of aldehydes is 1. The molecular formula is C30H25N7O4. The van der Waals surface area contributed by atoms with Crippen LogP contribution in [0.3, 0.4) is 0 Å². The Bertz CT molecular complexity index is 1700. The van der Waals surface area contributed by atoms with Crippen LogP contribution < -0.4 is 15.0 Å². The number of H-pyrrole nitrogens is 1. The van der Waals surface area contributed by atoms with Gasteiger partial charge in [-0.25, -0.2) is 4.98 Å². The molecule has 3 heterocycles. The highest BCUT2D eigenvalue weighted by molar-refractivity contribution is 6.02. The molecule has 11 heteroatoms. The van der Waals surface area contributed by atoms with E-state index in [-0.39, 0.29) is 18.3 Å². The number of hydrogen-bond acceptors (Lipinski definition) is 7. The highest BCUT2D eigenvalue weighted by atomic mass is 16.5. The van der Waals surface area contributed by atoms with Crippen molar-refractivity contribution in [3.05, 3.63) is 89.3 Å². The number of aromatic nitrogens is 5. The lowest BCUT2D eigenvalue weighted by atomic mass is 10.1. The minimum Gasteiger partial charge on any atom is -0.489 e. The molecule has 11 nitrogen and oxygen atoms in total. The van der Waals surface area contributed by atoms with Gasteiger partial charge in [0.2, 0.25) is 5.82 Å². The number of carbonyl (C=O) groups excluding carboxylic acids is 3. The van der Waals surface area contributed by atoms with Crippen LogP contribution in [0.1, 0.15) is 44.3 Å². The molecule has 0 saturated heterocycles. The van der Waals surface area contributed by atoms with Crippen LogP contribution >= 0.6 is 0 Å². The normalized spacial score (nSPS) is 13.9. The highest BCUT2D eigenvalue weighted by Crippen LogP contribution is 2.29. The quantitative estimate of drug-likeness (QED) is 0.267. The average Bonchev–Trinajstić information content (AvgIpc) is 3.64. The fourth-order valence-electron chi connectivity index (χ4n) is 4.10. The van der Waals surface area contributed by atoms with Crippen LogP contribution in [-0.2, 0) is 17.8 Å². The monoisotopic (exact) mass is 547 g/mol. The molecule has 2 amide bonds. The minimum atomic E-state index is -0.881. The number of nitrogens with zero attached hydrogens (tertiary/aromatic N) is 5. The number of hydrogen-bond donors (Lipinski definition) is 2. The van der Waals surface area contributed by atoms with Gasteiger partial charge in [-0.2, -0.15) is 5.10 Å². The van der Waals surface area contributed by atoms with Gasteiger partial charge < -0.3 is 15.0 Å². The summed E-state index contributed by atoms with van der Waals surface area (Å²) >= 11 is 0. The standard InChI is InChI=1S/C30H25N7O4/c1-36-25-9-5-6-10-26(25)41-20-24(30(36)40)32-29(39)28-33-27(34-35-28)16-22-13-11-21(12-14-22)8-4-2-3-7-15-37-18-23(19-38)17-31-37/h5-6,9-14,17-19,24H,7,15-16,20H2,1H3,(H,32,39)(H,33,34,35)/t24-/m0/s1. The van der Waals surface area contributed by atoms with E-state index in [1.807, 2.05) is 36.4 Å². The van der Waals surface area contributed by atoms with E-state index in [1.165, 1.54) is 11.1 Å². The topological polar surface area (TPSA) is 135 Å². The Labute approximate surface area is 235 Å². The van der Waals surface area contributed by atoms with Gasteiger partial charge in [-0.3, -0.25) is 24.2 Å². The van der Waals surface area contributed by atoms with Gasteiger partial charge in [-0.15, -0.1) is 5.10 Å².